The summed E-state index contributed by atoms with van der Waals surface area (Å²) >= 11 is 0. The molecule has 0 saturated carbocycles. The third-order valence-electron chi connectivity index (χ3n) is 6.14. The fraction of sp³-hybridized carbons (Fsp3) is 0.226. The molecule has 5 heteroatoms. The molecule has 0 spiro atoms. The number of nitriles is 1. The molecule has 0 unspecified atom stereocenters. The first-order valence-electron chi connectivity index (χ1n) is 12.2. The van der Waals surface area contributed by atoms with Crippen LogP contribution in [0.1, 0.15) is 27.8 Å². The van der Waals surface area contributed by atoms with Gasteiger partial charge >= 0.3 is 0 Å². The Bertz CT molecular complexity index is 1250. The number of ether oxygens (including phenoxy) is 2. The van der Waals surface area contributed by atoms with Crippen molar-refractivity contribution in [1.82, 2.24) is 9.88 Å². The van der Waals surface area contributed by atoms with Gasteiger partial charge < -0.3 is 9.47 Å². The predicted molar refractivity (Wildman–Crippen MR) is 142 cm³/mol. The van der Waals surface area contributed by atoms with Crippen molar-refractivity contribution < 1.29 is 9.47 Å². The standard InChI is InChI=1S/C31H31N3O2/c1-35-31-21-29(11-12-30(31)36-24-28-5-3-2-4-6-28)23-34(20-16-26-13-17-33-18-14-26)19-15-25-7-9-27(22-32)10-8-25/h2-14,17-18,21H,15-16,19-20,23-24H2,1H3. The van der Waals surface area contributed by atoms with E-state index in [-0.39, 0.29) is 0 Å². The van der Waals surface area contributed by atoms with Gasteiger partial charge in [0, 0.05) is 32.0 Å². The lowest BCUT2D eigenvalue weighted by Gasteiger charge is -2.23. The summed E-state index contributed by atoms with van der Waals surface area (Å²) in [6.07, 6.45) is 5.55. The molecule has 36 heavy (non-hydrogen) atoms. The van der Waals surface area contributed by atoms with E-state index < -0.39 is 0 Å². The summed E-state index contributed by atoms with van der Waals surface area (Å²) in [7, 11) is 1.68. The number of methoxy groups -OCH3 is 1. The average Bonchev–Trinajstić information content (AvgIpc) is 2.95. The van der Waals surface area contributed by atoms with Crippen molar-refractivity contribution in [3.63, 3.8) is 0 Å². The Labute approximate surface area is 213 Å². The van der Waals surface area contributed by atoms with Gasteiger partial charge in [-0.25, -0.2) is 0 Å². The zero-order valence-corrected chi connectivity index (χ0v) is 20.6. The van der Waals surface area contributed by atoms with Gasteiger partial charge in [0.2, 0.25) is 0 Å². The number of nitrogens with zero attached hydrogens (tertiary/aromatic N) is 3. The summed E-state index contributed by atoms with van der Waals surface area (Å²) in [5, 5.41) is 9.06. The van der Waals surface area contributed by atoms with Crippen LogP contribution in [0.2, 0.25) is 0 Å². The monoisotopic (exact) mass is 477 g/mol. The van der Waals surface area contributed by atoms with Crippen molar-refractivity contribution in [2.75, 3.05) is 20.2 Å². The number of rotatable bonds is 12. The fourth-order valence-electron chi connectivity index (χ4n) is 4.06. The molecule has 1 heterocycles. The van der Waals surface area contributed by atoms with E-state index >= 15 is 0 Å². The molecule has 182 valence electrons. The molecule has 5 nitrogen and oxygen atoms in total. The second-order valence-corrected chi connectivity index (χ2v) is 8.70. The zero-order chi connectivity index (χ0) is 25.0. The summed E-state index contributed by atoms with van der Waals surface area (Å²) in [5.74, 6) is 1.48. The molecule has 4 aromatic rings. The number of hydrogen-bond donors (Lipinski definition) is 0. The first kappa shape index (κ1) is 25.0. The third kappa shape index (κ3) is 7.43. The molecule has 0 bridgehead atoms. The highest BCUT2D eigenvalue weighted by Crippen LogP contribution is 2.29. The Kier molecular flexibility index (Phi) is 9.07. The van der Waals surface area contributed by atoms with Gasteiger partial charge in [-0.3, -0.25) is 9.88 Å². The Hall–Kier alpha value is -4.14. The molecule has 0 fully saturated rings. The van der Waals surface area contributed by atoms with Crippen molar-refractivity contribution in [2.45, 2.75) is 26.0 Å². The van der Waals surface area contributed by atoms with E-state index in [2.05, 4.69) is 52.4 Å². The number of aromatic nitrogens is 1. The molecule has 0 amide bonds. The van der Waals surface area contributed by atoms with Gasteiger partial charge in [-0.2, -0.15) is 5.26 Å². The van der Waals surface area contributed by atoms with Crippen LogP contribution in [0.15, 0.2) is 97.3 Å². The SMILES string of the molecule is COc1cc(CN(CCc2ccncc2)CCc2ccc(C#N)cc2)ccc1OCc1ccccc1. The topological polar surface area (TPSA) is 58.4 Å². The lowest BCUT2D eigenvalue weighted by atomic mass is 10.1. The molecular formula is C31H31N3O2. The van der Waals surface area contributed by atoms with Crippen LogP contribution >= 0.6 is 0 Å². The minimum Gasteiger partial charge on any atom is -0.493 e. The molecule has 0 aliphatic carbocycles. The van der Waals surface area contributed by atoms with Gasteiger partial charge in [-0.05, 0) is 71.5 Å². The van der Waals surface area contributed by atoms with E-state index in [1.165, 1.54) is 16.7 Å². The van der Waals surface area contributed by atoms with Crippen LogP contribution in [-0.4, -0.2) is 30.1 Å². The summed E-state index contributed by atoms with van der Waals surface area (Å²) in [6, 6.07) is 30.5. The molecule has 0 radical (unpaired) electrons. The van der Waals surface area contributed by atoms with E-state index in [0.717, 1.165) is 49.5 Å². The molecule has 3 aromatic carbocycles. The van der Waals surface area contributed by atoms with E-state index in [9.17, 15) is 0 Å². The van der Waals surface area contributed by atoms with Crippen LogP contribution in [-0.2, 0) is 26.0 Å². The van der Waals surface area contributed by atoms with Crippen molar-refractivity contribution in [3.8, 4) is 17.6 Å². The molecular weight excluding hydrogens is 446 g/mol. The van der Waals surface area contributed by atoms with Gasteiger partial charge in [0.25, 0.3) is 0 Å². The summed E-state index contributed by atoms with van der Waals surface area (Å²) in [6.45, 7) is 3.14. The molecule has 0 aliphatic heterocycles. The van der Waals surface area contributed by atoms with E-state index in [1.54, 1.807) is 7.11 Å². The molecule has 0 atom stereocenters. The molecule has 0 saturated heterocycles. The third-order valence-corrected chi connectivity index (χ3v) is 6.14. The van der Waals surface area contributed by atoms with Crippen molar-refractivity contribution in [2.24, 2.45) is 0 Å². The van der Waals surface area contributed by atoms with Crippen LogP contribution in [0.4, 0.5) is 0 Å². The Morgan fingerprint density at radius 1 is 0.750 bits per heavy atom. The van der Waals surface area contributed by atoms with Gasteiger partial charge in [0.15, 0.2) is 11.5 Å². The largest absolute Gasteiger partial charge is 0.493 e. The zero-order valence-electron chi connectivity index (χ0n) is 20.6. The second-order valence-electron chi connectivity index (χ2n) is 8.70. The number of pyridine rings is 1. The Morgan fingerprint density at radius 3 is 2.08 bits per heavy atom. The molecule has 4 rings (SSSR count). The van der Waals surface area contributed by atoms with Crippen LogP contribution in [0.3, 0.4) is 0 Å². The fourth-order valence-corrected chi connectivity index (χ4v) is 4.06. The highest BCUT2D eigenvalue weighted by atomic mass is 16.5. The summed E-state index contributed by atoms with van der Waals surface area (Å²) in [5.41, 5.74) is 5.48. The number of benzene rings is 3. The van der Waals surface area contributed by atoms with Gasteiger partial charge in [-0.1, -0.05) is 48.5 Å². The molecule has 1 aromatic heterocycles. The quantitative estimate of drug-likeness (QED) is 0.257. The number of hydrogen-bond acceptors (Lipinski definition) is 5. The highest BCUT2D eigenvalue weighted by molar-refractivity contribution is 5.43. The van der Waals surface area contributed by atoms with Crippen LogP contribution in [0.25, 0.3) is 0 Å². The van der Waals surface area contributed by atoms with Gasteiger partial charge in [0.05, 0.1) is 18.7 Å². The maximum atomic E-state index is 9.06. The smallest absolute Gasteiger partial charge is 0.161 e. The van der Waals surface area contributed by atoms with Crippen molar-refractivity contribution in [1.29, 1.82) is 5.26 Å². The van der Waals surface area contributed by atoms with Gasteiger partial charge in [0.1, 0.15) is 6.61 Å². The second kappa shape index (κ2) is 13.1. The normalized spacial score (nSPS) is 10.7. The van der Waals surface area contributed by atoms with Gasteiger partial charge in [-0.15, -0.1) is 0 Å². The summed E-state index contributed by atoms with van der Waals surface area (Å²) in [4.78, 5) is 6.59. The highest BCUT2D eigenvalue weighted by Gasteiger charge is 2.11. The van der Waals surface area contributed by atoms with E-state index in [4.69, 9.17) is 14.7 Å². The molecule has 0 N–H and O–H groups in total. The lowest BCUT2D eigenvalue weighted by molar-refractivity contribution is 0.269. The van der Waals surface area contributed by atoms with Crippen LogP contribution < -0.4 is 9.47 Å². The first-order valence-corrected chi connectivity index (χ1v) is 12.2. The molecule has 0 aliphatic rings. The van der Waals surface area contributed by atoms with Crippen molar-refractivity contribution in [3.05, 3.63) is 125 Å². The Morgan fingerprint density at radius 2 is 1.42 bits per heavy atom. The maximum absolute atomic E-state index is 9.06. The summed E-state index contributed by atoms with van der Waals surface area (Å²) < 4.78 is 11.7. The van der Waals surface area contributed by atoms with Crippen LogP contribution in [0, 0.1) is 11.3 Å². The minimum absolute atomic E-state index is 0.499. The minimum atomic E-state index is 0.499. The lowest BCUT2D eigenvalue weighted by Crippen LogP contribution is -2.28. The van der Waals surface area contributed by atoms with Crippen LogP contribution in [0.5, 0.6) is 11.5 Å². The van der Waals surface area contributed by atoms with E-state index in [0.29, 0.717) is 12.2 Å². The van der Waals surface area contributed by atoms with E-state index in [1.807, 2.05) is 60.9 Å². The average molecular weight is 478 g/mol. The predicted octanol–water partition coefficient (Wildman–Crippen LogP) is 5.83. The first-order chi connectivity index (χ1) is 17.7. The maximum Gasteiger partial charge on any atom is 0.161 e. The van der Waals surface area contributed by atoms with Crippen molar-refractivity contribution >= 4 is 0 Å². The Balaban J connectivity index is 1.43.